The maximum Gasteiger partial charge on any atom is 0.290 e. The van der Waals surface area contributed by atoms with Crippen LogP contribution in [-0.4, -0.2) is 65.8 Å². The maximum absolute atomic E-state index is 11.7. The van der Waals surface area contributed by atoms with Crippen LogP contribution >= 0.6 is 0 Å². The molecule has 0 bridgehead atoms. The third-order valence-corrected chi connectivity index (χ3v) is 2.45. The first-order valence-electron chi connectivity index (χ1n) is 6.31. The highest BCUT2D eigenvalue weighted by Gasteiger charge is 2.10. The summed E-state index contributed by atoms with van der Waals surface area (Å²) in [5, 5.41) is 19.2. The zero-order valence-electron chi connectivity index (χ0n) is 12.1. The number of aliphatic hydroxyl groups excluding tert-OH is 1. The number of hydrogen-bond acceptors (Lipinski definition) is 4. The van der Waals surface area contributed by atoms with E-state index in [4.69, 9.17) is 9.90 Å². The Bertz CT molecular complexity index is 404. The van der Waals surface area contributed by atoms with Crippen molar-refractivity contribution in [1.82, 2.24) is 15.2 Å². The molecule has 0 aliphatic rings. The lowest BCUT2D eigenvalue weighted by molar-refractivity contribution is -0.122. The van der Waals surface area contributed by atoms with Crippen LogP contribution in [0.2, 0.25) is 0 Å². The monoisotopic (exact) mass is 285 g/mol. The molecule has 1 heterocycles. The molecule has 1 unspecified atom stereocenters. The van der Waals surface area contributed by atoms with Gasteiger partial charge >= 0.3 is 0 Å². The fraction of sp³-hybridized carbons (Fsp3) is 0.538. The highest BCUT2D eigenvalue weighted by Crippen LogP contribution is 2.02. The van der Waals surface area contributed by atoms with E-state index in [-0.39, 0.29) is 18.9 Å². The van der Waals surface area contributed by atoms with Gasteiger partial charge in [-0.3, -0.25) is 9.59 Å². The predicted molar refractivity (Wildman–Crippen MR) is 75.8 cm³/mol. The Balaban J connectivity index is 0.00000110. The van der Waals surface area contributed by atoms with E-state index in [2.05, 4.69) is 10.3 Å². The van der Waals surface area contributed by atoms with Crippen molar-refractivity contribution < 1.29 is 19.8 Å². The molecular weight excluding hydrogens is 262 g/mol. The lowest BCUT2D eigenvalue weighted by atomic mass is 10.3. The minimum atomic E-state index is -0.547. The molecule has 1 aromatic rings. The fourth-order valence-electron chi connectivity index (χ4n) is 1.57. The molecule has 114 valence electrons. The van der Waals surface area contributed by atoms with E-state index in [1.54, 1.807) is 6.07 Å². The molecule has 0 saturated heterocycles. The number of likely N-dealkylation sites (N-methyl/N-ethyl adjacent to an activating group) is 1. The van der Waals surface area contributed by atoms with Crippen molar-refractivity contribution in [2.75, 3.05) is 27.2 Å². The van der Waals surface area contributed by atoms with Crippen LogP contribution < -0.4 is 5.32 Å². The Kier molecular flexibility index (Phi) is 9.06. The molecule has 7 heteroatoms. The number of aromatic nitrogens is 1. The molecule has 0 fully saturated rings. The van der Waals surface area contributed by atoms with Crippen molar-refractivity contribution in [3.63, 3.8) is 0 Å². The second-order valence-electron chi connectivity index (χ2n) is 4.48. The van der Waals surface area contributed by atoms with Gasteiger partial charge in [-0.1, -0.05) is 6.92 Å². The van der Waals surface area contributed by atoms with Gasteiger partial charge in [0, 0.05) is 18.8 Å². The molecule has 1 rings (SSSR count). The molecule has 1 amide bonds. The molecular formula is C13H23N3O4. The number of aromatic amines is 1. The van der Waals surface area contributed by atoms with Crippen molar-refractivity contribution in [2.45, 2.75) is 19.4 Å². The third kappa shape index (κ3) is 7.55. The first kappa shape index (κ1) is 18.1. The summed E-state index contributed by atoms with van der Waals surface area (Å²) in [7, 11) is 3.76. The Morgan fingerprint density at radius 1 is 1.50 bits per heavy atom. The zero-order chi connectivity index (χ0) is 15.5. The number of carboxylic acid groups (broad SMARTS) is 1. The largest absolute Gasteiger partial charge is 0.483 e. The van der Waals surface area contributed by atoms with Gasteiger partial charge in [-0.05, 0) is 32.6 Å². The summed E-state index contributed by atoms with van der Waals surface area (Å²) in [5.74, 6) is -0.178. The minimum Gasteiger partial charge on any atom is -0.483 e. The highest BCUT2D eigenvalue weighted by atomic mass is 16.3. The molecule has 0 aromatic carbocycles. The number of rotatable bonds is 6. The summed E-state index contributed by atoms with van der Waals surface area (Å²) >= 11 is 0. The Labute approximate surface area is 118 Å². The minimum absolute atomic E-state index is 0.178. The highest BCUT2D eigenvalue weighted by molar-refractivity contribution is 5.92. The lowest BCUT2D eigenvalue weighted by Gasteiger charge is -2.16. The molecule has 4 N–H and O–H groups in total. The number of aliphatic hydroxyl groups is 1. The van der Waals surface area contributed by atoms with E-state index in [1.807, 2.05) is 32.0 Å². The van der Waals surface area contributed by atoms with Gasteiger partial charge in [0.2, 0.25) is 0 Å². The van der Waals surface area contributed by atoms with Gasteiger partial charge in [-0.2, -0.15) is 0 Å². The van der Waals surface area contributed by atoms with Crippen molar-refractivity contribution >= 4 is 12.4 Å². The molecule has 1 atom stereocenters. The summed E-state index contributed by atoms with van der Waals surface area (Å²) in [5.41, 5.74) is 1.57. The van der Waals surface area contributed by atoms with Crippen LogP contribution in [-0.2, 0) is 11.2 Å². The topological polar surface area (TPSA) is 106 Å². The van der Waals surface area contributed by atoms with E-state index >= 15 is 0 Å². The van der Waals surface area contributed by atoms with Crippen molar-refractivity contribution in [3.8, 4) is 0 Å². The second-order valence-corrected chi connectivity index (χ2v) is 4.48. The Morgan fingerprint density at radius 3 is 2.55 bits per heavy atom. The number of aryl methyl sites for hydroxylation is 1. The fourth-order valence-corrected chi connectivity index (χ4v) is 1.57. The number of nitrogens with zero attached hydrogens (tertiary/aromatic N) is 1. The van der Waals surface area contributed by atoms with Gasteiger partial charge < -0.3 is 25.4 Å². The van der Waals surface area contributed by atoms with Crippen molar-refractivity contribution in [3.05, 3.63) is 23.5 Å². The van der Waals surface area contributed by atoms with E-state index in [1.165, 1.54) is 0 Å². The van der Waals surface area contributed by atoms with Crippen LogP contribution in [0.15, 0.2) is 12.1 Å². The van der Waals surface area contributed by atoms with E-state index < -0.39 is 6.10 Å². The molecule has 0 spiro atoms. The number of nitrogens with one attached hydrogen (secondary N) is 2. The molecule has 0 aliphatic heterocycles. The smallest absolute Gasteiger partial charge is 0.290 e. The standard InChI is InChI=1S/C12H21N3O2.CH2O2/c1-4-9-5-6-11(14-9)12(17)13-7-10(16)8-15(2)3;2-1-3/h5-6,10,14,16H,4,7-8H2,1-3H3,(H,13,17);1H,(H,2,3). The summed E-state index contributed by atoms with van der Waals surface area (Å²) in [6.45, 7) is 2.57. The summed E-state index contributed by atoms with van der Waals surface area (Å²) in [4.78, 5) is 25.0. The van der Waals surface area contributed by atoms with Crippen molar-refractivity contribution in [2.24, 2.45) is 0 Å². The maximum atomic E-state index is 11.7. The van der Waals surface area contributed by atoms with E-state index in [0.717, 1.165) is 12.1 Å². The Hall–Kier alpha value is -1.86. The van der Waals surface area contributed by atoms with Gasteiger partial charge in [0.05, 0.1) is 6.10 Å². The van der Waals surface area contributed by atoms with Gasteiger partial charge in [-0.25, -0.2) is 0 Å². The number of amides is 1. The summed E-state index contributed by atoms with van der Waals surface area (Å²) in [6, 6.07) is 3.65. The lowest BCUT2D eigenvalue weighted by Crippen LogP contribution is -2.37. The number of carbonyl (C=O) groups excluding carboxylic acids is 1. The van der Waals surface area contributed by atoms with Crippen LogP contribution in [0.1, 0.15) is 23.1 Å². The van der Waals surface area contributed by atoms with Gasteiger partial charge in [0.25, 0.3) is 12.4 Å². The first-order chi connectivity index (χ1) is 9.44. The molecule has 7 nitrogen and oxygen atoms in total. The molecule has 0 radical (unpaired) electrons. The average molecular weight is 285 g/mol. The molecule has 20 heavy (non-hydrogen) atoms. The normalized spacial score (nSPS) is 11.4. The van der Waals surface area contributed by atoms with Crippen LogP contribution in [0.5, 0.6) is 0 Å². The van der Waals surface area contributed by atoms with Crippen LogP contribution in [0.4, 0.5) is 0 Å². The third-order valence-electron chi connectivity index (χ3n) is 2.45. The first-order valence-corrected chi connectivity index (χ1v) is 6.31. The number of hydrogen-bond donors (Lipinski definition) is 4. The van der Waals surface area contributed by atoms with E-state index in [0.29, 0.717) is 12.2 Å². The molecule has 1 aromatic heterocycles. The number of carbonyl (C=O) groups is 2. The van der Waals surface area contributed by atoms with Crippen molar-refractivity contribution in [1.29, 1.82) is 0 Å². The summed E-state index contributed by atoms with van der Waals surface area (Å²) < 4.78 is 0. The zero-order valence-corrected chi connectivity index (χ0v) is 12.1. The molecule has 0 aliphatic carbocycles. The van der Waals surface area contributed by atoms with Gasteiger partial charge in [-0.15, -0.1) is 0 Å². The van der Waals surface area contributed by atoms with Crippen LogP contribution in [0, 0.1) is 0 Å². The summed E-state index contributed by atoms with van der Waals surface area (Å²) in [6.07, 6.45) is 0.325. The van der Waals surface area contributed by atoms with Crippen LogP contribution in [0.3, 0.4) is 0 Å². The second kappa shape index (κ2) is 9.99. The number of H-pyrrole nitrogens is 1. The average Bonchev–Trinajstić information content (AvgIpc) is 2.85. The SMILES string of the molecule is CCc1ccc(C(=O)NCC(O)CN(C)C)[nH]1.O=CO. The predicted octanol–water partition coefficient (Wildman–Crippen LogP) is -0.0698. The van der Waals surface area contributed by atoms with Gasteiger partial charge in [0.15, 0.2) is 0 Å². The quantitative estimate of drug-likeness (QED) is 0.548. The molecule has 0 saturated carbocycles. The van der Waals surface area contributed by atoms with Gasteiger partial charge in [0.1, 0.15) is 5.69 Å². The van der Waals surface area contributed by atoms with Crippen LogP contribution in [0.25, 0.3) is 0 Å². The Morgan fingerprint density at radius 2 is 2.10 bits per heavy atom. The van der Waals surface area contributed by atoms with E-state index in [9.17, 15) is 9.90 Å².